The zero-order chi connectivity index (χ0) is 34.7. The molecule has 7 heterocycles. The number of fused-ring (bicyclic) bond motifs is 5. The van der Waals surface area contributed by atoms with Crippen LogP contribution < -0.4 is 20.3 Å². The number of phenols is 1. The molecule has 9 rings (SSSR count). The molecule has 3 N–H and O–H groups in total. The molecule has 0 spiro atoms. The van der Waals surface area contributed by atoms with Gasteiger partial charge in [-0.25, -0.2) is 8.78 Å². The van der Waals surface area contributed by atoms with Gasteiger partial charge in [0, 0.05) is 82.6 Å². The van der Waals surface area contributed by atoms with Crippen molar-refractivity contribution in [3.63, 3.8) is 0 Å². The molecular formula is C39H48F2N8O2. The third-order valence-corrected chi connectivity index (χ3v) is 12.2. The Hall–Kier alpha value is -3.71. The molecule has 12 heteroatoms. The van der Waals surface area contributed by atoms with Crippen molar-refractivity contribution >= 4 is 27.5 Å². The van der Waals surface area contributed by atoms with Gasteiger partial charge in [-0.15, -0.1) is 0 Å². The van der Waals surface area contributed by atoms with Gasteiger partial charge in [0.25, 0.3) is 0 Å². The highest BCUT2D eigenvalue weighted by atomic mass is 19.1. The van der Waals surface area contributed by atoms with Crippen LogP contribution in [0.4, 0.5) is 14.6 Å². The number of halogens is 2. The Labute approximate surface area is 297 Å². The lowest BCUT2D eigenvalue weighted by Gasteiger charge is -2.34. The Balaban J connectivity index is 1.07. The highest BCUT2D eigenvalue weighted by Crippen LogP contribution is 2.44. The maximum Gasteiger partial charge on any atom is 0.319 e. The van der Waals surface area contributed by atoms with Gasteiger partial charge in [-0.05, 0) is 73.0 Å². The van der Waals surface area contributed by atoms with Gasteiger partial charge in [-0.2, -0.15) is 9.97 Å². The van der Waals surface area contributed by atoms with Crippen molar-refractivity contribution in [1.29, 1.82) is 0 Å². The van der Waals surface area contributed by atoms with Crippen molar-refractivity contribution in [3.8, 4) is 23.0 Å². The van der Waals surface area contributed by atoms with Gasteiger partial charge in [-0.3, -0.25) is 9.88 Å². The second kappa shape index (κ2) is 13.4. The highest BCUT2D eigenvalue weighted by Gasteiger charge is 2.52. The van der Waals surface area contributed by atoms with Crippen LogP contribution in [-0.4, -0.2) is 119 Å². The number of rotatable bonds is 9. The molecule has 5 aliphatic heterocycles. The molecule has 2 aromatic heterocycles. The largest absolute Gasteiger partial charge is 0.508 e. The van der Waals surface area contributed by atoms with Crippen LogP contribution in [-0.2, 0) is 6.42 Å². The van der Waals surface area contributed by atoms with Crippen molar-refractivity contribution in [3.05, 3.63) is 47.9 Å². The van der Waals surface area contributed by atoms with Crippen LogP contribution in [0.3, 0.4) is 0 Å². The van der Waals surface area contributed by atoms with E-state index in [1.54, 1.807) is 18.3 Å². The van der Waals surface area contributed by atoms with E-state index in [-0.39, 0.29) is 29.6 Å². The molecular weight excluding hydrogens is 650 g/mol. The summed E-state index contributed by atoms with van der Waals surface area (Å²) in [7, 11) is 0. The average Bonchev–Trinajstić information content (AvgIpc) is 3.76. The first-order chi connectivity index (χ1) is 24.9. The molecule has 0 saturated carbocycles. The van der Waals surface area contributed by atoms with Crippen LogP contribution >= 0.6 is 0 Å². The monoisotopic (exact) mass is 698 g/mol. The molecule has 10 nitrogen and oxygen atoms in total. The van der Waals surface area contributed by atoms with E-state index < -0.39 is 17.5 Å². The molecule has 270 valence electrons. The summed E-state index contributed by atoms with van der Waals surface area (Å²) >= 11 is 0. The number of hydrogen-bond donors (Lipinski definition) is 3. The van der Waals surface area contributed by atoms with E-state index in [1.165, 1.54) is 0 Å². The van der Waals surface area contributed by atoms with Gasteiger partial charge < -0.3 is 30.3 Å². The fraction of sp³-hybridized carbons (Fsp3) is 0.564. The number of benzene rings is 2. The summed E-state index contributed by atoms with van der Waals surface area (Å²) in [5.74, 6) is 0.558. The molecule has 4 aromatic rings. The van der Waals surface area contributed by atoms with Crippen molar-refractivity contribution in [2.45, 2.75) is 69.2 Å². The number of anilines is 1. The summed E-state index contributed by atoms with van der Waals surface area (Å²) in [6, 6.07) is 9.98. The quantitative estimate of drug-likeness (QED) is 0.229. The molecule has 0 radical (unpaired) electrons. The second-order valence-electron chi connectivity index (χ2n) is 15.6. The normalized spacial score (nSPS) is 28.3. The van der Waals surface area contributed by atoms with Crippen LogP contribution in [0.5, 0.6) is 11.8 Å². The standard InChI is InChI=1S/C39H48F2N8O2/c1-2-25-4-3-5-26-14-30(50)15-31(33(25)26)35-34(41)36-32(18-43-35)37(48-21-28-6-7-29(22-48)44-28)46-38(45-36)51-23-39-16-24(19-49(39)20-27(40)17-39)8-11-47-12-9-42-10-13-47/h3-5,14-15,18,24,27-29,42,44,50H,2,6-13,16-17,19-23H2,1H3/t24-,27+,28-,29+,39-/m0/s1. The topological polar surface area (TPSA) is 102 Å². The average molecular weight is 699 g/mol. The van der Waals surface area contributed by atoms with Gasteiger partial charge in [-0.1, -0.05) is 25.1 Å². The lowest BCUT2D eigenvalue weighted by Crippen LogP contribution is -2.51. The number of piperazine rings is 2. The van der Waals surface area contributed by atoms with Crippen LogP contribution in [0.1, 0.15) is 44.6 Å². The summed E-state index contributed by atoms with van der Waals surface area (Å²) in [5, 5.41) is 20.0. The number of hydrogen-bond acceptors (Lipinski definition) is 10. The predicted molar refractivity (Wildman–Crippen MR) is 195 cm³/mol. The van der Waals surface area contributed by atoms with Gasteiger partial charge in [0.15, 0.2) is 5.82 Å². The Morgan fingerprint density at radius 2 is 1.86 bits per heavy atom. The highest BCUT2D eigenvalue weighted by molar-refractivity contribution is 6.01. The van der Waals surface area contributed by atoms with Crippen LogP contribution in [0.25, 0.3) is 32.9 Å². The number of alkyl halides is 1. The van der Waals surface area contributed by atoms with Crippen LogP contribution in [0.15, 0.2) is 36.5 Å². The SMILES string of the molecule is CCc1cccc2cc(O)cc(-c3ncc4c(N5C[C@H]6CC[C@@H](C5)N6)nc(OC[C@]56C[C@@H](F)CN5C[C@@H](CCN5CCNCC5)C6)nc4c3F)c12. The minimum absolute atomic E-state index is 0.0464. The van der Waals surface area contributed by atoms with Gasteiger partial charge >= 0.3 is 6.01 Å². The minimum atomic E-state index is -0.900. The first-order valence-electron chi connectivity index (χ1n) is 18.9. The molecule has 5 atom stereocenters. The molecule has 0 aliphatic carbocycles. The molecule has 51 heavy (non-hydrogen) atoms. The summed E-state index contributed by atoms with van der Waals surface area (Å²) in [6.45, 7) is 10.4. The maximum absolute atomic E-state index is 17.1. The van der Waals surface area contributed by atoms with E-state index in [0.29, 0.717) is 47.7 Å². The first-order valence-corrected chi connectivity index (χ1v) is 18.9. The van der Waals surface area contributed by atoms with Crippen LogP contribution in [0.2, 0.25) is 0 Å². The first kappa shape index (κ1) is 33.1. The Morgan fingerprint density at radius 1 is 1.04 bits per heavy atom. The lowest BCUT2D eigenvalue weighted by molar-refractivity contribution is 0.107. The number of aromatic hydroxyl groups is 1. The lowest BCUT2D eigenvalue weighted by atomic mass is 9.89. The van der Waals surface area contributed by atoms with Gasteiger partial charge in [0.1, 0.15) is 35.6 Å². The van der Waals surface area contributed by atoms with Crippen LogP contribution in [0, 0.1) is 11.7 Å². The van der Waals surface area contributed by atoms with Crippen molar-refractivity contribution in [2.75, 3.05) is 70.4 Å². The summed E-state index contributed by atoms with van der Waals surface area (Å²) < 4.78 is 38.6. The zero-order valence-corrected chi connectivity index (χ0v) is 29.4. The van der Waals surface area contributed by atoms with Crippen molar-refractivity contribution in [1.82, 2.24) is 35.4 Å². The number of nitrogens with one attached hydrogen (secondary N) is 2. The van der Waals surface area contributed by atoms with Crippen molar-refractivity contribution in [2.24, 2.45) is 5.92 Å². The fourth-order valence-electron chi connectivity index (χ4n) is 9.79. The zero-order valence-electron chi connectivity index (χ0n) is 29.4. The predicted octanol–water partition coefficient (Wildman–Crippen LogP) is 4.67. The van der Waals surface area contributed by atoms with Crippen molar-refractivity contribution < 1.29 is 18.6 Å². The number of phenolic OH excluding ortho intramolecular Hbond substituents is 1. The molecule has 2 bridgehead atoms. The Morgan fingerprint density at radius 3 is 2.67 bits per heavy atom. The number of nitrogens with zero attached hydrogens (tertiary/aromatic N) is 6. The minimum Gasteiger partial charge on any atom is -0.508 e. The smallest absolute Gasteiger partial charge is 0.319 e. The Bertz CT molecular complexity index is 1930. The molecule has 5 saturated heterocycles. The number of aromatic nitrogens is 3. The third-order valence-electron chi connectivity index (χ3n) is 12.2. The third kappa shape index (κ3) is 6.17. The molecule has 2 aromatic carbocycles. The number of pyridine rings is 1. The van der Waals surface area contributed by atoms with E-state index in [4.69, 9.17) is 19.7 Å². The summed E-state index contributed by atoms with van der Waals surface area (Å²) in [5.41, 5.74) is 1.41. The summed E-state index contributed by atoms with van der Waals surface area (Å²) in [4.78, 5) is 21.4. The van der Waals surface area contributed by atoms with Gasteiger partial charge in [0.2, 0.25) is 0 Å². The molecule has 5 fully saturated rings. The molecule has 0 unspecified atom stereocenters. The molecule has 5 aliphatic rings. The molecule has 0 amide bonds. The van der Waals surface area contributed by atoms with E-state index in [2.05, 4.69) is 32.3 Å². The number of ether oxygens (including phenoxy) is 1. The van der Waals surface area contributed by atoms with E-state index in [1.807, 2.05) is 18.2 Å². The summed E-state index contributed by atoms with van der Waals surface area (Å²) in [6.07, 6.45) is 6.08. The van der Waals surface area contributed by atoms with Gasteiger partial charge in [0.05, 0.1) is 10.9 Å². The maximum atomic E-state index is 17.1. The van der Waals surface area contributed by atoms with E-state index in [9.17, 15) is 5.11 Å². The second-order valence-corrected chi connectivity index (χ2v) is 15.6. The Kier molecular flexibility index (Phi) is 8.69. The number of aryl methyl sites for hydroxylation is 1. The van der Waals surface area contributed by atoms with E-state index >= 15 is 8.78 Å². The van der Waals surface area contributed by atoms with E-state index in [0.717, 1.165) is 101 Å². The fourth-order valence-corrected chi connectivity index (χ4v) is 9.79.